The Labute approximate surface area is 69.0 Å². The molecule has 0 saturated heterocycles. The number of nitrogen functional groups attached to an aromatic ring is 1. The number of carbonyl (C=O) groups is 1. The van der Waals surface area contributed by atoms with E-state index in [2.05, 4.69) is 0 Å². The first-order valence-corrected chi connectivity index (χ1v) is 3.11. The quantitative estimate of drug-likeness (QED) is 0.606. The summed E-state index contributed by atoms with van der Waals surface area (Å²) in [5.41, 5.74) is 5.12. The number of hydrogen-bond acceptors (Lipinski definition) is 2. The van der Waals surface area contributed by atoms with E-state index < -0.39 is 17.3 Å². The molecule has 0 saturated carbocycles. The lowest BCUT2D eigenvalue weighted by Gasteiger charge is -1.98. The van der Waals surface area contributed by atoms with Gasteiger partial charge in [-0.15, -0.1) is 0 Å². The number of hydrogen-bond donors (Lipinski definition) is 1. The fourth-order valence-electron chi connectivity index (χ4n) is 0.711. The third kappa shape index (κ3) is 2.30. The maximum absolute atomic E-state index is 12.5. The van der Waals surface area contributed by atoms with Gasteiger partial charge in [0, 0.05) is 0 Å². The highest BCUT2D eigenvalue weighted by Crippen LogP contribution is 2.15. The average molecular weight is 173 g/mol. The SMILES string of the molecule is C=O.Cc1cc(F)c(N)c(F)c1. The van der Waals surface area contributed by atoms with Crippen molar-refractivity contribution < 1.29 is 13.6 Å². The van der Waals surface area contributed by atoms with Crippen LogP contribution in [0.1, 0.15) is 5.56 Å². The van der Waals surface area contributed by atoms with Gasteiger partial charge in [0.15, 0.2) is 0 Å². The minimum atomic E-state index is -0.697. The van der Waals surface area contributed by atoms with E-state index in [9.17, 15) is 8.78 Å². The van der Waals surface area contributed by atoms with Crippen molar-refractivity contribution in [1.29, 1.82) is 0 Å². The van der Waals surface area contributed by atoms with E-state index in [0.29, 0.717) is 5.56 Å². The number of nitrogens with two attached hydrogens (primary N) is 1. The molecule has 0 amide bonds. The van der Waals surface area contributed by atoms with E-state index in [1.54, 1.807) is 6.92 Å². The summed E-state index contributed by atoms with van der Waals surface area (Å²) in [6.07, 6.45) is 0. The molecule has 0 unspecified atom stereocenters. The normalized spacial score (nSPS) is 8.58. The van der Waals surface area contributed by atoms with Gasteiger partial charge in [-0.1, -0.05) is 0 Å². The minimum absolute atomic E-state index is 0.411. The van der Waals surface area contributed by atoms with E-state index in [0.717, 1.165) is 0 Å². The molecule has 0 heterocycles. The summed E-state index contributed by atoms with van der Waals surface area (Å²) in [5.74, 6) is -1.39. The number of benzene rings is 1. The molecule has 1 aromatic carbocycles. The summed E-state index contributed by atoms with van der Waals surface area (Å²) in [7, 11) is 0. The Morgan fingerprint density at radius 3 is 1.92 bits per heavy atom. The first-order chi connectivity index (χ1) is 5.61. The van der Waals surface area contributed by atoms with Crippen molar-refractivity contribution in [3.63, 3.8) is 0 Å². The van der Waals surface area contributed by atoms with Gasteiger partial charge in [-0.05, 0) is 24.6 Å². The predicted molar refractivity (Wildman–Crippen MR) is 42.6 cm³/mol. The van der Waals surface area contributed by atoms with Crippen molar-refractivity contribution in [1.82, 2.24) is 0 Å². The van der Waals surface area contributed by atoms with Crippen LogP contribution in [-0.2, 0) is 4.79 Å². The maximum atomic E-state index is 12.5. The van der Waals surface area contributed by atoms with Crippen LogP contribution in [0.4, 0.5) is 14.5 Å². The van der Waals surface area contributed by atoms with Gasteiger partial charge < -0.3 is 10.5 Å². The van der Waals surface area contributed by atoms with Gasteiger partial charge in [0.2, 0.25) is 0 Å². The Morgan fingerprint density at radius 2 is 1.58 bits per heavy atom. The Kier molecular flexibility index (Phi) is 3.90. The van der Waals surface area contributed by atoms with Crippen LogP contribution in [0, 0.1) is 18.6 Å². The van der Waals surface area contributed by atoms with Gasteiger partial charge in [-0.3, -0.25) is 0 Å². The largest absolute Gasteiger partial charge is 0.394 e. The highest BCUT2D eigenvalue weighted by molar-refractivity contribution is 5.42. The topological polar surface area (TPSA) is 43.1 Å². The monoisotopic (exact) mass is 173 g/mol. The average Bonchev–Trinajstić information content (AvgIpc) is 2.04. The van der Waals surface area contributed by atoms with Crippen molar-refractivity contribution in [3.8, 4) is 0 Å². The Hall–Kier alpha value is -1.45. The van der Waals surface area contributed by atoms with E-state index in [1.807, 2.05) is 6.79 Å². The lowest BCUT2D eigenvalue weighted by Crippen LogP contribution is -1.95. The number of carbonyl (C=O) groups excluding carboxylic acids is 1. The molecule has 0 aliphatic carbocycles. The molecule has 1 aromatic rings. The molecule has 0 atom stereocenters. The molecule has 0 aromatic heterocycles. The maximum Gasteiger partial charge on any atom is 0.149 e. The van der Waals surface area contributed by atoms with Crippen LogP contribution in [-0.4, -0.2) is 6.79 Å². The van der Waals surface area contributed by atoms with Crippen LogP contribution >= 0.6 is 0 Å². The zero-order chi connectivity index (χ0) is 9.72. The fourth-order valence-corrected chi connectivity index (χ4v) is 0.711. The molecular formula is C8H9F2NO. The summed E-state index contributed by atoms with van der Waals surface area (Å²) in [6.45, 7) is 3.60. The van der Waals surface area contributed by atoms with Crippen LogP contribution < -0.4 is 5.73 Å². The predicted octanol–water partition coefficient (Wildman–Crippen LogP) is 1.67. The van der Waals surface area contributed by atoms with Crippen LogP contribution in [0.15, 0.2) is 12.1 Å². The van der Waals surface area contributed by atoms with Crippen LogP contribution in [0.2, 0.25) is 0 Å². The third-order valence-corrected chi connectivity index (χ3v) is 1.22. The van der Waals surface area contributed by atoms with Crippen molar-refractivity contribution in [2.75, 3.05) is 5.73 Å². The second kappa shape index (κ2) is 4.43. The van der Waals surface area contributed by atoms with Crippen molar-refractivity contribution >= 4 is 12.5 Å². The van der Waals surface area contributed by atoms with Gasteiger partial charge in [0.05, 0.1) is 0 Å². The fraction of sp³-hybridized carbons (Fsp3) is 0.125. The highest BCUT2D eigenvalue weighted by atomic mass is 19.1. The molecule has 0 spiro atoms. The van der Waals surface area contributed by atoms with E-state index in [1.165, 1.54) is 12.1 Å². The lowest BCUT2D eigenvalue weighted by atomic mass is 10.2. The second-order valence-corrected chi connectivity index (χ2v) is 2.14. The van der Waals surface area contributed by atoms with E-state index in [-0.39, 0.29) is 0 Å². The number of halogens is 2. The number of rotatable bonds is 0. The van der Waals surface area contributed by atoms with E-state index in [4.69, 9.17) is 10.5 Å². The zero-order valence-corrected chi connectivity index (χ0v) is 6.60. The van der Waals surface area contributed by atoms with Crippen molar-refractivity contribution in [2.24, 2.45) is 0 Å². The van der Waals surface area contributed by atoms with E-state index >= 15 is 0 Å². The summed E-state index contributed by atoms with van der Waals surface area (Å²) in [6, 6.07) is 2.39. The summed E-state index contributed by atoms with van der Waals surface area (Å²) in [5, 5.41) is 0. The molecule has 0 aliphatic rings. The number of anilines is 1. The van der Waals surface area contributed by atoms with Crippen LogP contribution in [0.5, 0.6) is 0 Å². The molecule has 1 rings (SSSR count). The molecule has 2 N–H and O–H groups in total. The van der Waals surface area contributed by atoms with Gasteiger partial charge in [-0.25, -0.2) is 8.78 Å². The van der Waals surface area contributed by atoms with Gasteiger partial charge in [-0.2, -0.15) is 0 Å². The van der Waals surface area contributed by atoms with Crippen molar-refractivity contribution in [2.45, 2.75) is 6.92 Å². The first kappa shape index (κ1) is 10.6. The molecule has 66 valence electrons. The Balaban J connectivity index is 0.000000561. The van der Waals surface area contributed by atoms with Crippen molar-refractivity contribution in [3.05, 3.63) is 29.3 Å². The van der Waals surface area contributed by atoms with Crippen LogP contribution in [0.25, 0.3) is 0 Å². The van der Waals surface area contributed by atoms with Gasteiger partial charge >= 0.3 is 0 Å². The second-order valence-electron chi connectivity index (χ2n) is 2.14. The summed E-state index contributed by atoms with van der Waals surface area (Å²) in [4.78, 5) is 8.00. The summed E-state index contributed by atoms with van der Waals surface area (Å²) < 4.78 is 25.0. The van der Waals surface area contributed by atoms with Gasteiger partial charge in [0.1, 0.15) is 24.1 Å². The molecule has 4 heteroatoms. The Bertz CT molecular complexity index is 253. The molecule has 2 nitrogen and oxygen atoms in total. The van der Waals surface area contributed by atoms with Gasteiger partial charge in [0.25, 0.3) is 0 Å². The molecule has 0 fully saturated rings. The zero-order valence-electron chi connectivity index (χ0n) is 6.60. The molecular weight excluding hydrogens is 164 g/mol. The summed E-state index contributed by atoms with van der Waals surface area (Å²) >= 11 is 0. The lowest BCUT2D eigenvalue weighted by molar-refractivity contribution is -0.0979. The molecule has 0 radical (unpaired) electrons. The minimum Gasteiger partial charge on any atom is -0.394 e. The smallest absolute Gasteiger partial charge is 0.149 e. The molecule has 12 heavy (non-hydrogen) atoms. The third-order valence-electron chi connectivity index (χ3n) is 1.22. The van der Waals surface area contributed by atoms with Crippen LogP contribution in [0.3, 0.4) is 0 Å². The highest BCUT2D eigenvalue weighted by Gasteiger charge is 2.03. The molecule has 0 bridgehead atoms. The molecule has 0 aliphatic heterocycles. The first-order valence-electron chi connectivity index (χ1n) is 3.11. The number of aryl methyl sites for hydroxylation is 1. The Morgan fingerprint density at radius 1 is 1.25 bits per heavy atom. The standard InChI is InChI=1S/C7H7F2N.CH2O/c1-4-2-5(8)7(10)6(9)3-4;1-2/h2-3H,10H2,1H3;1H2.